The van der Waals surface area contributed by atoms with E-state index in [4.69, 9.17) is 4.55 Å². The standard InChI is InChI=1S/C16H34O4S/c1-4-5-8-11-15(2)12-9-6-7-10-13-16(3)14-20-21(17,18)19/h15-16H,4-14H2,1-3H3,(H,17,18,19). The van der Waals surface area contributed by atoms with Crippen molar-refractivity contribution in [3.63, 3.8) is 0 Å². The quantitative estimate of drug-likeness (QED) is 0.361. The molecule has 2 atom stereocenters. The van der Waals surface area contributed by atoms with Gasteiger partial charge in [-0.2, -0.15) is 8.42 Å². The van der Waals surface area contributed by atoms with E-state index in [2.05, 4.69) is 18.0 Å². The molecular weight excluding hydrogens is 288 g/mol. The summed E-state index contributed by atoms with van der Waals surface area (Å²) in [5.74, 6) is 1.01. The van der Waals surface area contributed by atoms with E-state index in [0.29, 0.717) is 0 Å². The lowest BCUT2D eigenvalue weighted by molar-refractivity contribution is 0.222. The van der Waals surface area contributed by atoms with Gasteiger partial charge in [0.05, 0.1) is 6.61 Å². The lowest BCUT2D eigenvalue weighted by Crippen LogP contribution is -2.11. The van der Waals surface area contributed by atoms with Crippen molar-refractivity contribution in [1.29, 1.82) is 0 Å². The van der Waals surface area contributed by atoms with Gasteiger partial charge in [-0.3, -0.25) is 4.55 Å². The number of hydrogen-bond acceptors (Lipinski definition) is 3. The van der Waals surface area contributed by atoms with Gasteiger partial charge in [0.15, 0.2) is 0 Å². The van der Waals surface area contributed by atoms with E-state index in [9.17, 15) is 8.42 Å². The van der Waals surface area contributed by atoms with Crippen LogP contribution >= 0.6 is 0 Å². The molecule has 0 bridgehead atoms. The Morgan fingerprint density at radius 2 is 1.33 bits per heavy atom. The Balaban J connectivity index is 3.39. The van der Waals surface area contributed by atoms with Crippen LogP contribution in [0.1, 0.15) is 85.0 Å². The molecule has 21 heavy (non-hydrogen) atoms. The maximum absolute atomic E-state index is 10.4. The van der Waals surface area contributed by atoms with Crippen LogP contribution in [-0.4, -0.2) is 19.6 Å². The molecule has 0 amide bonds. The molecule has 4 nitrogen and oxygen atoms in total. The van der Waals surface area contributed by atoms with E-state index >= 15 is 0 Å². The van der Waals surface area contributed by atoms with Gasteiger partial charge in [-0.25, -0.2) is 4.18 Å². The van der Waals surface area contributed by atoms with Gasteiger partial charge in [-0.15, -0.1) is 0 Å². The molecule has 5 heteroatoms. The zero-order chi connectivity index (χ0) is 16.1. The van der Waals surface area contributed by atoms with Crippen molar-refractivity contribution in [2.24, 2.45) is 11.8 Å². The van der Waals surface area contributed by atoms with Gasteiger partial charge >= 0.3 is 10.4 Å². The first-order valence-electron chi connectivity index (χ1n) is 8.47. The summed E-state index contributed by atoms with van der Waals surface area (Å²) in [6, 6.07) is 0. The topological polar surface area (TPSA) is 63.6 Å². The molecule has 128 valence electrons. The summed E-state index contributed by atoms with van der Waals surface area (Å²) in [6.45, 7) is 6.62. The third-order valence-electron chi connectivity index (χ3n) is 3.95. The first-order chi connectivity index (χ1) is 9.85. The molecule has 0 aliphatic rings. The predicted molar refractivity (Wildman–Crippen MR) is 87.7 cm³/mol. The lowest BCUT2D eigenvalue weighted by Gasteiger charge is -2.12. The second kappa shape index (κ2) is 12.4. The van der Waals surface area contributed by atoms with E-state index in [0.717, 1.165) is 18.8 Å². The van der Waals surface area contributed by atoms with Crippen LogP contribution in [0.25, 0.3) is 0 Å². The highest BCUT2D eigenvalue weighted by molar-refractivity contribution is 7.80. The summed E-state index contributed by atoms with van der Waals surface area (Å²) in [4.78, 5) is 0. The fourth-order valence-electron chi connectivity index (χ4n) is 2.51. The van der Waals surface area contributed by atoms with Crippen molar-refractivity contribution >= 4 is 10.4 Å². The van der Waals surface area contributed by atoms with Gasteiger partial charge in [0.25, 0.3) is 0 Å². The smallest absolute Gasteiger partial charge is 0.264 e. The molecule has 0 aliphatic heterocycles. The van der Waals surface area contributed by atoms with Gasteiger partial charge in [0.2, 0.25) is 0 Å². The lowest BCUT2D eigenvalue weighted by atomic mass is 9.96. The van der Waals surface area contributed by atoms with Crippen LogP contribution in [-0.2, 0) is 14.6 Å². The molecule has 0 saturated heterocycles. The summed E-state index contributed by atoms with van der Waals surface area (Å²) in [5.41, 5.74) is 0. The summed E-state index contributed by atoms with van der Waals surface area (Å²) >= 11 is 0. The van der Waals surface area contributed by atoms with Gasteiger partial charge in [-0.1, -0.05) is 78.6 Å². The minimum Gasteiger partial charge on any atom is -0.264 e. The molecule has 2 unspecified atom stereocenters. The molecule has 0 rings (SSSR count). The molecule has 0 spiro atoms. The summed E-state index contributed by atoms with van der Waals surface area (Å²) in [6.07, 6.45) is 12.5. The first-order valence-corrected chi connectivity index (χ1v) is 9.83. The van der Waals surface area contributed by atoms with Crippen molar-refractivity contribution in [2.45, 2.75) is 85.0 Å². The van der Waals surface area contributed by atoms with Gasteiger partial charge in [0, 0.05) is 0 Å². The molecule has 0 aromatic heterocycles. The number of hydrogen-bond donors (Lipinski definition) is 1. The van der Waals surface area contributed by atoms with Crippen LogP contribution in [0.3, 0.4) is 0 Å². The Morgan fingerprint density at radius 1 is 0.857 bits per heavy atom. The van der Waals surface area contributed by atoms with Crippen LogP contribution in [0.15, 0.2) is 0 Å². The molecule has 0 saturated carbocycles. The van der Waals surface area contributed by atoms with Crippen LogP contribution < -0.4 is 0 Å². The highest BCUT2D eigenvalue weighted by Crippen LogP contribution is 2.18. The Morgan fingerprint density at radius 3 is 1.81 bits per heavy atom. The zero-order valence-electron chi connectivity index (χ0n) is 14.0. The highest BCUT2D eigenvalue weighted by Gasteiger charge is 2.09. The van der Waals surface area contributed by atoms with Crippen molar-refractivity contribution in [1.82, 2.24) is 0 Å². The Labute approximate surface area is 131 Å². The minimum atomic E-state index is -4.28. The normalized spacial score (nSPS) is 15.0. The summed E-state index contributed by atoms with van der Waals surface area (Å²) in [5, 5.41) is 0. The Hall–Kier alpha value is -0.130. The Bertz CT molecular complexity index is 327. The third-order valence-corrected chi connectivity index (χ3v) is 4.38. The highest BCUT2D eigenvalue weighted by atomic mass is 32.3. The first kappa shape index (κ1) is 20.9. The average Bonchev–Trinajstić information content (AvgIpc) is 2.40. The average molecular weight is 323 g/mol. The zero-order valence-corrected chi connectivity index (χ0v) is 14.8. The fourth-order valence-corrected chi connectivity index (χ4v) is 2.92. The van der Waals surface area contributed by atoms with Crippen molar-refractivity contribution < 1.29 is 17.2 Å². The predicted octanol–water partition coefficient (Wildman–Crippen LogP) is 5.00. The van der Waals surface area contributed by atoms with E-state index < -0.39 is 10.4 Å². The van der Waals surface area contributed by atoms with Gasteiger partial charge < -0.3 is 0 Å². The van der Waals surface area contributed by atoms with E-state index in [1.165, 1.54) is 51.4 Å². The van der Waals surface area contributed by atoms with Crippen molar-refractivity contribution in [3.8, 4) is 0 Å². The van der Waals surface area contributed by atoms with Crippen molar-refractivity contribution in [3.05, 3.63) is 0 Å². The van der Waals surface area contributed by atoms with Crippen LogP contribution in [0, 0.1) is 11.8 Å². The van der Waals surface area contributed by atoms with Crippen molar-refractivity contribution in [2.75, 3.05) is 6.61 Å². The minimum absolute atomic E-state index is 0.0767. The fraction of sp³-hybridized carbons (Fsp3) is 1.00. The van der Waals surface area contributed by atoms with Crippen LogP contribution in [0.2, 0.25) is 0 Å². The Kier molecular flexibility index (Phi) is 12.3. The molecule has 0 heterocycles. The van der Waals surface area contributed by atoms with Crippen LogP contribution in [0.5, 0.6) is 0 Å². The van der Waals surface area contributed by atoms with E-state index in [1.807, 2.05) is 6.92 Å². The monoisotopic (exact) mass is 322 g/mol. The SMILES string of the molecule is CCCCCC(C)CCCCCCC(C)COS(=O)(=O)O. The molecule has 0 aromatic carbocycles. The molecule has 0 aliphatic carbocycles. The molecule has 0 fully saturated rings. The summed E-state index contributed by atoms with van der Waals surface area (Å²) < 4.78 is 33.7. The third kappa shape index (κ3) is 16.1. The molecule has 0 aromatic rings. The van der Waals surface area contributed by atoms with Gasteiger partial charge in [-0.05, 0) is 18.3 Å². The maximum atomic E-state index is 10.4. The molecular formula is C16H34O4S. The second-order valence-corrected chi connectivity index (χ2v) is 7.50. The summed E-state index contributed by atoms with van der Waals surface area (Å²) in [7, 11) is -4.28. The van der Waals surface area contributed by atoms with Gasteiger partial charge in [0.1, 0.15) is 0 Å². The van der Waals surface area contributed by atoms with Crippen LogP contribution in [0.4, 0.5) is 0 Å². The maximum Gasteiger partial charge on any atom is 0.397 e. The number of unbranched alkanes of at least 4 members (excludes halogenated alkanes) is 5. The number of rotatable bonds is 14. The van der Waals surface area contributed by atoms with E-state index in [-0.39, 0.29) is 12.5 Å². The molecule has 0 radical (unpaired) electrons. The molecule has 1 N–H and O–H groups in total. The largest absolute Gasteiger partial charge is 0.397 e. The van der Waals surface area contributed by atoms with E-state index in [1.54, 1.807) is 0 Å². The second-order valence-electron chi connectivity index (χ2n) is 6.41.